The number of aryl methyl sites for hydroxylation is 1. The number of carbonyl (C=O) groups excluding carboxylic acids is 1. The largest absolute Gasteiger partial charge is 0.481 e. The van der Waals surface area contributed by atoms with Gasteiger partial charge in [-0.15, -0.1) is 0 Å². The van der Waals surface area contributed by atoms with Gasteiger partial charge in [-0.3, -0.25) is 4.79 Å². The van der Waals surface area contributed by atoms with Crippen molar-refractivity contribution in [3.8, 4) is 5.75 Å². The van der Waals surface area contributed by atoms with E-state index in [9.17, 15) is 4.79 Å². The third kappa shape index (κ3) is 2.98. The Labute approximate surface area is 131 Å². The van der Waals surface area contributed by atoms with E-state index in [-0.39, 0.29) is 5.91 Å². The average molecular weight is 295 g/mol. The molecule has 0 saturated heterocycles. The molecular formula is C19H21NO2. The highest BCUT2D eigenvalue weighted by molar-refractivity contribution is 5.81. The summed E-state index contributed by atoms with van der Waals surface area (Å²) in [4.78, 5) is 14.5. The first-order valence-corrected chi connectivity index (χ1v) is 7.73. The molecule has 0 radical (unpaired) electrons. The molecule has 3 nitrogen and oxygen atoms in total. The van der Waals surface area contributed by atoms with Crippen molar-refractivity contribution < 1.29 is 9.53 Å². The van der Waals surface area contributed by atoms with Crippen LogP contribution in [-0.4, -0.2) is 23.5 Å². The molecule has 1 aliphatic heterocycles. The second kappa shape index (κ2) is 6.22. The summed E-state index contributed by atoms with van der Waals surface area (Å²) in [5.74, 6) is 0.832. The molecule has 0 spiro atoms. The lowest BCUT2D eigenvalue weighted by atomic mass is 9.99. The van der Waals surface area contributed by atoms with Gasteiger partial charge in [-0.25, -0.2) is 0 Å². The van der Waals surface area contributed by atoms with Crippen molar-refractivity contribution in [1.29, 1.82) is 0 Å². The summed E-state index contributed by atoms with van der Waals surface area (Å²) in [6, 6.07) is 16.1. The molecule has 1 amide bonds. The van der Waals surface area contributed by atoms with Crippen LogP contribution in [0.4, 0.5) is 0 Å². The Kier molecular flexibility index (Phi) is 4.14. The molecule has 1 atom stereocenters. The van der Waals surface area contributed by atoms with Crippen LogP contribution < -0.4 is 4.74 Å². The number of ether oxygens (including phenoxy) is 1. The number of benzene rings is 2. The maximum absolute atomic E-state index is 12.6. The second-order valence-corrected chi connectivity index (χ2v) is 5.80. The van der Waals surface area contributed by atoms with E-state index in [1.54, 1.807) is 0 Å². The smallest absolute Gasteiger partial charge is 0.263 e. The van der Waals surface area contributed by atoms with E-state index in [1.807, 2.05) is 49.1 Å². The minimum Gasteiger partial charge on any atom is -0.481 e. The van der Waals surface area contributed by atoms with Crippen LogP contribution in [0.1, 0.15) is 23.6 Å². The normalized spacial score (nSPS) is 15.1. The van der Waals surface area contributed by atoms with Gasteiger partial charge in [0.05, 0.1) is 0 Å². The van der Waals surface area contributed by atoms with Crippen molar-refractivity contribution in [3.05, 3.63) is 65.2 Å². The Morgan fingerprint density at radius 1 is 1.09 bits per heavy atom. The van der Waals surface area contributed by atoms with Crippen LogP contribution in [0.5, 0.6) is 5.75 Å². The number of fused-ring (bicyclic) bond motifs is 1. The SMILES string of the molecule is Cc1ccccc1O[C@H](C)C(=O)N1CCc2ccccc2C1. The van der Waals surface area contributed by atoms with Gasteiger partial charge in [-0.05, 0) is 43.0 Å². The van der Waals surface area contributed by atoms with Crippen LogP contribution >= 0.6 is 0 Å². The van der Waals surface area contributed by atoms with Gasteiger partial charge >= 0.3 is 0 Å². The van der Waals surface area contributed by atoms with Crippen molar-refractivity contribution in [2.45, 2.75) is 32.9 Å². The summed E-state index contributed by atoms with van der Waals surface area (Å²) < 4.78 is 5.86. The molecule has 114 valence electrons. The average Bonchev–Trinajstić information content (AvgIpc) is 2.55. The van der Waals surface area contributed by atoms with Crippen LogP contribution in [0.3, 0.4) is 0 Å². The molecular weight excluding hydrogens is 274 g/mol. The van der Waals surface area contributed by atoms with E-state index in [1.165, 1.54) is 11.1 Å². The first-order chi connectivity index (χ1) is 10.6. The number of hydrogen-bond acceptors (Lipinski definition) is 2. The van der Waals surface area contributed by atoms with Gasteiger partial charge in [0.2, 0.25) is 0 Å². The van der Waals surface area contributed by atoms with Gasteiger partial charge < -0.3 is 9.64 Å². The number of amides is 1. The highest BCUT2D eigenvalue weighted by Crippen LogP contribution is 2.21. The third-order valence-electron chi connectivity index (χ3n) is 4.19. The van der Waals surface area contributed by atoms with Crippen LogP contribution in [0.15, 0.2) is 48.5 Å². The third-order valence-corrected chi connectivity index (χ3v) is 4.19. The molecule has 2 aromatic rings. The van der Waals surface area contributed by atoms with Gasteiger partial charge in [-0.1, -0.05) is 42.5 Å². The van der Waals surface area contributed by atoms with Crippen LogP contribution in [-0.2, 0) is 17.8 Å². The fourth-order valence-corrected chi connectivity index (χ4v) is 2.87. The maximum Gasteiger partial charge on any atom is 0.263 e. The summed E-state index contributed by atoms with van der Waals surface area (Å²) in [6.45, 7) is 5.26. The fourth-order valence-electron chi connectivity index (χ4n) is 2.87. The Morgan fingerprint density at radius 2 is 1.77 bits per heavy atom. The number of para-hydroxylation sites is 1. The zero-order valence-electron chi connectivity index (χ0n) is 13.1. The number of nitrogens with zero attached hydrogens (tertiary/aromatic N) is 1. The van der Waals surface area contributed by atoms with E-state index in [2.05, 4.69) is 18.2 Å². The molecule has 0 aromatic heterocycles. The van der Waals surface area contributed by atoms with Crippen molar-refractivity contribution in [3.63, 3.8) is 0 Å². The van der Waals surface area contributed by atoms with E-state index in [0.717, 1.165) is 24.3 Å². The Morgan fingerprint density at radius 3 is 2.55 bits per heavy atom. The van der Waals surface area contributed by atoms with Crippen LogP contribution in [0.25, 0.3) is 0 Å². The fraction of sp³-hybridized carbons (Fsp3) is 0.316. The summed E-state index contributed by atoms with van der Waals surface area (Å²) in [6.07, 6.45) is 0.449. The first-order valence-electron chi connectivity index (χ1n) is 7.73. The van der Waals surface area contributed by atoms with Crippen molar-refractivity contribution in [2.75, 3.05) is 6.54 Å². The van der Waals surface area contributed by atoms with Crippen LogP contribution in [0, 0.1) is 6.92 Å². The summed E-state index contributed by atoms with van der Waals surface area (Å²) in [7, 11) is 0. The molecule has 0 unspecified atom stereocenters. The molecule has 0 aliphatic carbocycles. The van der Waals surface area contributed by atoms with Crippen molar-refractivity contribution in [2.24, 2.45) is 0 Å². The predicted molar refractivity (Wildman–Crippen MR) is 86.8 cm³/mol. The van der Waals surface area contributed by atoms with Gasteiger partial charge in [0.25, 0.3) is 5.91 Å². The molecule has 3 heteroatoms. The van der Waals surface area contributed by atoms with E-state index in [4.69, 9.17) is 4.74 Å². The highest BCUT2D eigenvalue weighted by atomic mass is 16.5. The molecule has 3 rings (SSSR count). The summed E-state index contributed by atoms with van der Waals surface area (Å²) in [5.41, 5.74) is 3.63. The van der Waals surface area contributed by atoms with Crippen molar-refractivity contribution in [1.82, 2.24) is 4.90 Å². The standard InChI is InChI=1S/C19H21NO2/c1-14-7-3-6-10-18(14)22-15(2)19(21)20-12-11-16-8-4-5-9-17(16)13-20/h3-10,15H,11-13H2,1-2H3/t15-/m1/s1. The van der Waals surface area contributed by atoms with Gasteiger partial charge in [-0.2, -0.15) is 0 Å². The van der Waals surface area contributed by atoms with Crippen molar-refractivity contribution >= 4 is 5.91 Å². The molecule has 0 bridgehead atoms. The topological polar surface area (TPSA) is 29.5 Å². The maximum atomic E-state index is 12.6. The number of hydrogen-bond donors (Lipinski definition) is 0. The molecule has 1 aliphatic rings. The van der Waals surface area contributed by atoms with E-state index in [0.29, 0.717) is 6.54 Å². The Bertz CT molecular complexity index is 681. The second-order valence-electron chi connectivity index (χ2n) is 5.80. The first kappa shape index (κ1) is 14.6. The molecule has 2 aromatic carbocycles. The zero-order valence-corrected chi connectivity index (χ0v) is 13.1. The predicted octanol–water partition coefficient (Wildman–Crippen LogP) is 3.35. The zero-order chi connectivity index (χ0) is 15.5. The molecule has 0 fully saturated rings. The van der Waals surface area contributed by atoms with Gasteiger partial charge in [0.1, 0.15) is 5.75 Å². The molecule has 0 N–H and O–H groups in total. The number of carbonyl (C=O) groups is 1. The van der Waals surface area contributed by atoms with Crippen LogP contribution in [0.2, 0.25) is 0 Å². The molecule has 0 saturated carbocycles. The lowest BCUT2D eigenvalue weighted by Crippen LogP contribution is -2.43. The minimum atomic E-state index is -0.466. The lowest BCUT2D eigenvalue weighted by molar-refractivity contribution is -0.138. The monoisotopic (exact) mass is 295 g/mol. The highest BCUT2D eigenvalue weighted by Gasteiger charge is 2.25. The Balaban J connectivity index is 1.68. The number of rotatable bonds is 3. The van der Waals surface area contributed by atoms with E-state index >= 15 is 0 Å². The molecule has 22 heavy (non-hydrogen) atoms. The quantitative estimate of drug-likeness (QED) is 0.869. The van der Waals surface area contributed by atoms with Gasteiger partial charge in [0, 0.05) is 13.1 Å². The van der Waals surface area contributed by atoms with Gasteiger partial charge in [0.15, 0.2) is 6.10 Å². The minimum absolute atomic E-state index is 0.0535. The lowest BCUT2D eigenvalue weighted by Gasteiger charge is -2.31. The van der Waals surface area contributed by atoms with E-state index < -0.39 is 6.10 Å². The summed E-state index contributed by atoms with van der Waals surface area (Å²) >= 11 is 0. The Hall–Kier alpha value is -2.29. The summed E-state index contributed by atoms with van der Waals surface area (Å²) in [5, 5.41) is 0. The molecule has 1 heterocycles.